The number of hydrogen-bond donors (Lipinski definition) is 1. The van der Waals surface area contributed by atoms with Gasteiger partial charge in [-0.25, -0.2) is 0 Å². The fourth-order valence-electron chi connectivity index (χ4n) is 3.86. The number of aromatic nitrogens is 2. The van der Waals surface area contributed by atoms with Crippen LogP contribution in [0.3, 0.4) is 0 Å². The van der Waals surface area contributed by atoms with E-state index in [-0.39, 0.29) is 11.5 Å². The molecule has 1 unspecified atom stereocenters. The van der Waals surface area contributed by atoms with Crippen LogP contribution in [0.5, 0.6) is 11.6 Å². The lowest BCUT2D eigenvalue weighted by atomic mass is 9.83. The highest BCUT2D eigenvalue weighted by Gasteiger charge is 2.33. The van der Waals surface area contributed by atoms with Gasteiger partial charge in [-0.15, -0.1) is 0 Å². The van der Waals surface area contributed by atoms with E-state index in [0.717, 1.165) is 27.6 Å². The molecule has 0 radical (unpaired) electrons. The molecule has 0 fully saturated rings. The van der Waals surface area contributed by atoms with Crippen LogP contribution in [0, 0.1) is 13.8 Å². The molecule has 27 heavy (non-hydrogen) atoms. The summed E-state index contributed by atoms with van der Waals surface area (Å²) in [5.41, 5.74) is 3.63. The predicted octanol–water partition coefficient (Wildman–Crippen LogP) is 4.83. The summed E-state index contributed by atoms with van der Waals surface area (Å²) in [4.78, 5) is 20.2. The number of fused-ring (bicyclic) bond motifs is 4. The predicted molar refractivity (Wildman–Crippen MR) is 106 cm³/mol. The summed E-state index contributed by atoms with van der Waals surface area (Å²) in [6, 6.07) is 20.6. The summed E-state index contributed by atoms with van der Waals surface area (Å²) in [5.74, 6) is 1.50. The van der Waals surface area contributed by atoms with Crippen molar-refractivity contribution >= 4 is 10.8 Å². The SMILES string of the molecule is Cc1ccc(C2c3ccc4ccccc4c3Oc3nc(C)[nH]c(=O)c32)cc1. The van der Waals surface area contributed by atoms with E-state index >= 15 is 0 Å². The van der Waals surface area contributed by atoms with Gasteiger partial charge in [-0.3, -0.25) is 4.79 Å². The van der Waals surface area contributed by atoms with Gasteiger partial charge in [0.05, 0.1) is 5.56 Å². The van der Waals surface area contributed by atoms with E-state index in [1.807, 2.05) is 18.2 Å². The molecule has 0 spiro atoms. The number of aryl methyl sites for hydroxylation is 2. The highest BCUT2D eigenvalue weighted by molar-refractivity contribution is 5.91. The van der Waals surface area contributed by atoms with Crippen molar-refractivity contribution in [3.8, 4) is 11.6 Å². The number of ether oxygens (including phenoxy) is 1. The molecule has 2 heterocycles. The smallest absolute Gasteiger partial charge is 0.258 e. The summed E-state index contributed by atoms with van der Waals surface area (Å²) >= 11 is 0. The summed E-state index contributed by atoms with van der Waals surface area (Å²) in [7, 11) is 0. The number of benzene rings is 3. The number of rotatable bonds is 1. The second kappa shape index (κ2) is 5.81. The molecule has 132 valence electrons. The van der Waals surface area contributed by atoms with Crippen LogP contribution in [0.1, 0.15) is 34.0 Å². The van der Waals surface area contributed by atoms with Gasteiger partial charge in [0, 0.05) is 16.9 Å². The van der Waals surface area contributed by atoms with Crippen LogP contribution in [0.4, 0.5) is 0 Å². The number of nitrogens with zero attached hydrogens (tertiary/aromatic N) is 1. The lowest BCUT2D eigenvalue weighted by molar-refractivity contribution is 0.433. The van der Waals surface area contributed by atoms with E-state index in [1.165, 1.54) is 5.56 Å². The first kappa shape index (κ1) is 15.8. The molecule has 5 rings (SSSR count). The second-order valence-corrected chi connectivity index (χ2v) is 7.02. The first-order chi connectivity index (χ1) is 13.1. The first-order valence-corrected chi connectivity index (χ1v) is 8.99. The van der Waals surface area contributed by atoms with E-state index < -0.39 is 0 Å². The van der Waals surface area contributed by atoms with E-state index in [4.69, 9.17) is 4.74 Å². The van der Waals surface area contributed by atoms with Crippen LogP contribution in [0.25, 0.3) is 10.8 Å². The highest BCUT2D eigenvalue weighted by atomic mass is 16.5. The lowest BCUT2D eigenvalue weighted by Gasteiger charge is -2.28. The lowest BCUT2D eigenvalue weighted by Crippen LogP contribution is -2.24. The minimum atomic E-state index is -0.217. The molecule has 1 aliphatic rings. The maximum atomic E-state index is 12.8. The number of hydrogen-bond acceptors (Lipinski definition) is 3. The van der Waals surface area contributed by atoms with E-state index in [9.17, 15) is 4.79 Å². The quantitative estimate of drug-likeness (QED) is 0.469. The molecule has 3 aromatic carbocycles. The molecular weight excluding hydrogens is 336 g/mol. The minimum Gasteiger partial charge on any atom is -0.437 e. The summed E-state index contributed by atoms with van der Waals surface area (Å²) in [6.07, 6.45) is 0. The Morgan fingerprint density at radius 2 is 1.74 bits per heavy atom. The Hall–Kier alpha value is -3.40. The summed E-state index contributed by atoms with van der Waals surface area (Å²) in [6.45, 7) is 3.82. The van der Waals surface area contributed by atoms with Crippen LogP contribution in [-0.4, -0.2) is 9.97 Å². The van der Waals surface area contributed by atoms with Gasteiger partial charge in [0.15, 0.2) is 0 Å². The minimum absolute atomic E-state index is 0.151. The Kier molecular flexibility index (Phi) is 3.41. The van der Waals surface area contributed by atoms with Crippen LogP contribution >= 0.6 is 0 Å². The molecule has 1 atom stereocenters. The normalized spacial score (nSPS) is 15.1. The van der Waals surface area contributed by atoms with Crippen LogP contribution in [-0.2, 0) is 0 Å². The Bertz CT molecular complexity index is 1240. The maximum absolute atomic E-state index is 12.8. The Labute approximate surface area is 156 Å². The molecule has 0 bridgehead atoms. The third kappa shape index (κ3) is 2.45. The van der Waals surface area contributed by atoms with Crippen molar-refractivity contribution in [2.45, 2.75) is 19.8 Å². The fraction of sp³-hybridized carbons (Fsp3) is 0.130. The van der Waals surface area contributed by atoms with Crippen LogP contribution in [0.2, 0.25) is 0 Å². The van der Waals surface area contributed by atoms with Gasteiger partial charge in [-0.2, -0.15) is 4.98 Å². The molecule has 4 nitrogen and oxygen atoms in total. The molecule has 4 heteroatoms. The van der Waals surface area contributed by atoms with Crippen molar-refractivity contribution in [2.24, 2.45) is 0 Å². The second-order valence-electron chi connectivity index (χ2n) is 7.02. The number of nitrogens with one attached hydrogen (secondary N) is 1. The van der Waals surface area contributed by atoms with Gasteiger partial charge in [-0.05, 0) is 24.8 Å². The number of H-pyrrole nitrogens is 1. The molecule has 0 aliphatic carbocycles. The van der Waals surface area contributed by atoms with Gasteiger partial charge in [0.1, 0.15) is 11.6 Å². The topological polar surface area (TPSA) is 55.0 Å². The average molecular weight is 354 g/mol. The Morgan fingerprint density at radius 1 is 0.963 bits per heavy atom. The Balaban J connectivity index is 1.86. The highest BCUT2D eigenvalue weighted by Crippen LogP contribution is 2.47. The van der Waals surface area contributed by atoms with Crippen LogP contribution in [0.15, 0.2) is 65.5 Å². The molecule has 4 aromatic rings. The first-order valence-electron chi connectivity index (χ1n) is 8.99. The fourth-order valence-corrected chi connectivity index (χ4v) is 3.86. The summed E-state index contributed by atoms with van der Waals surface area (Å²) < 4.78 is 6.20. The van der Waals surface area contributed by atoms with Crippen molar-refractivity contribution in [2.75, 3.05) is 0 Å². The van der Waals surface area contributed by atoms with E-state index in [2.05, 4.69) is 59.4 Å². The zero-order valence-electron chi connectivity index (χ0n) is 15.1. The molecule has 1 aliphatic heterocycles. The van der Waals surface area contributed by atoms with Crippen molar-refractivity contribution < 1.29 is 4.74 Å². The zero-order valence-corrected chi connectivity index (χ0v) is 15.1. The zero-order chi connectivity index (χ0) is 18.5. The van der Waals surface area contributed by atoms with Crippen molar-refractivity contribution in [3.05, 3.63) is 99.1 Å². The molecular formula is C23H18N2O2. The average Bonchev–Trinajstić information content (AvgIpc) is 2.67. The van der Waals surface area contributed by atoms with Gasteiger partial charge in [-0.1, -0.05) is 66.2 Å². The molecule has 1 aromatic heterocycles. The third-order valence-corrected chi connectivity index (χ3v) is 5.16. The largest absolute Gasteiger partial charge is 0.437 e. The van der Waals surface area contributed by atoms with Gasteiger partial charge in [0.25, 0.3) is 5.56 Å². The molecule has 0 saturated carbocycles. The Morgan fingerprint density at radius 3 is 2.56 bits per heavy atom. The van der Waals surface area contributed by atoms with Gasteiger partial charge >= 0.3 is 0 Å². The van der Waals surface area contributed by atoms with Gasteiger partial charge in [0.2, 0.25) is 5.88 Å². The molecule has 1 N–H and O–H groups in total. The van der Waals surface area contributed by atoms with E-state index in [1.54, 1.807) is 6.92 Å². The molecule has 0 amide bonds. The van der Waals surface area contributed by atoms with E-state index in [0.29, 0.717) is 17.3 Å². The van der Waals surface area contributed by atoms with Crippen molar-refractivity contribution in [3.63, 3.8) is 0 Å². The van der Waals surface area contributed by atoms with Crippen molar-refractivity contribution in [1.29, 1.82) is 0 Å². The molecule has 0 saturated heterocycles. The van der Waals surface area contributed by atoms with Gasteiger partial charge < -0.3 is 9.72 Å². The standard InChI is InChI=1S/C23H18N2O2/c1-13-7-9-16(10-8-13)19-18-12-11-15-5-3-4-6-17(15)21(18)27-23-20(19)22(26)24-14(2)25-23/h3-12,19H,1-2H3,(H,24,25,26). The van der Waals surface area contributed by atoms with Crippen molar-refractivity contribution in [1.82, 2.24) is 9.97 Å². The monoisotopic (exact) mass is 354 g/mol. The maximum Gasteiger partial charge on any atom is 0.258 e. The third-order valence-electron chi connectivity index (χ3n) is 5.16. The van der Waals surface area contributed by atoms with Crippen LogP contribution < -0.4 is 10.3 Å². The summed E-state index contributed by atoms with van der Waals surface area (Å²) in [5, 5.41) is 2.13. The number of aromatic amines is 1.